The minimum atomic E-state index is -4.45. The van der Waals surface area contributed by atoms with Crippen LogP contribution in [-0.4, -0.2) is 81.8 Å². The lowest BCUT2D eigenvalue weighted by atomic mass is 10.3. The predicted octanol–water partition coefficient (Wildman–Crippen LogP) is 1.97. The van der Waals surface area contributed by atoms with Crippen LogP contribution in [0.3, 0.4) is 0 Å². The number of amides is 2. The van der Waals surface area contributed by atoms with E-state index < -0.39 is 45.1 Å². The molecule has 0 bridgehead atoms. The maximum Gasteiger partial charge on any atom is 0.409 e. The molecule has 0 aliphatic heterocycles. The number of hydrogen-bond acceptors (Lipinski definition) is 8. The van der Waals surface area contributed by atoms with Crippen molar-refractivity contribution in [3.05, 3.63) is 54.1 Å². The molecule has 2 N–H and O–H groups in total. The highest BCUT2D eigenvalue weighted by Crippen LogP contribution is 2.28. The minimum absolute atomic E-state index is 0.0137. The molecule has 2 amide bonds. The Morgan fingerprint density at radius 2 is 1.74 bits per heavy atom. The number of nitrogens with one attached hydrogen (secondary N) is 1. The van der Waals surface area contributed by atoms with Crippen LogP contribution in [0.1, 0.15) is 0 Å². The number of carbonyl (C=O) groups is 2. The molecule has 0 saturated heterocycles. The van der Waals surface area contributed by atoms with Crippen LogP contribution in [0.2, 0.25) is 0 Å². The fraction of sp³-hybridized carbons (Fsp3) is 0.333. The van der Waals surface area contributed by atoms with Gasteiger partial charge in [0.05, 0.1) is 18.0 Å². The van der Waals surface area contributed by atoms with Crippen LogP contribution in [0.4, 0.5) is 13.6 Å². The van der Waals surface area contributed by atoms with Gasteiger partial charge in [0.1, 0.15) is 18.2 Å². The van der Waals surface area contributed by atoms with Crippen molar-refractivity contribution in [2.45, 2.75) is 4.90 Å². The van der Waals surface area contributed by atoms with Crippen molar-refractivity contribution in [2.24, 2.45) is 0 Å². The Bertz CT molecular complexity index is 1120. The standard InChI is InChI=1S/C21H25F2N3O8S/c1-25(21(28)33-12-11-32-2)9-10-26(14-20(27)24-29)35(30,31)17-7-8-19(18(23)13-17)34-16-5-3-15(22)4-6-16/h3-8,13,29H,9-12,14H2,1-2H3,(H,24,27). The summed E-state index contributed by atoms with van der Waals surface area (Å²) in [5.74, 6) is -2.77. The van der Waals surface area contributed by atoms with Crippen molar-refractivity contribution in [3.63, 3.8) is 0 Å². The summed E-state index contributed by atoms with van der Waals surface area (Å²) in [6.45, 7) is -1.21. The quantitative estimate of drug-likeness (QED) is 0.248. The van der Waals surface area contributed by atoms with E-state index in [1.165, 1.54) is 31.8 Å². The van der Waals surface area contributed by atoms with E-state index in [9.17, 15) is 26.8 Å². The molecule has 0 spiro atoms. The van der Waals surface area contributed by atoms with Crippen molar-refractivity contribution >= 4 is 22.0 Å². The Kier molecular flexibility index (Phi) is 10.3. The second-order valence-electron chi connectivity index (χ2n) is 7.05. The number of halogens is 2. The summed E-state index contributed by atoms with van der Waals surface area (Å²) in [6, 6.07) is 7.58. The maximum absolute atomic E-state index is 14.6. The third-order valence-corrected chi connectivity index (χ3v) is 6.38. The highest BCUT2D eigenvalue weighted by atomic mass is 32.2. The van der Waals surface area contributed by atoms with E-state index in [-0.39, 0.29) is 37.8 Å². The molecule has 2 aromatic carbocycles. The van der Waals surface area contributed by atoms with E-state index in [2.05, 4.69) is 0 Å². The van der Waals surface area contributed by atoms with Gasteiger partial charge in [0, 0.05) is 27.2 Å². The molecule has 2 aromatic rings. The van der Waals surface area contributed by atoms with Gasteiger partial charge in [-0.1, -0.05) is 0 Å². The second kappa shape index (κ2) is 12.9. The lowest BCUT2D eigenvalue weighted by Crippen LogP contribution is -2.44. The van der Waals surface area contributed by atoms with Crippen LogP contribution >= 0.6 is 0 Å². The van der Waals surface area contributed by atoms with Gasteiger partial charge >= 0.3 is 6.09 Å². The summed E-state index contributed by atoms with van der Waals surface area (Å²) in [5.41, 5.74) is 1.33. The van der Waals surface area contributed by atoms with E-state index in [1.54, 1.807) is 0 Å². The molecule has 0 radical (unpaired) electrons. The lowest BCUT2D eigenvalue weighted by molar-refractivity contribution is -0.129. The summed E-state index contributed by atoms with van der Waals surface area (Å²) in [6.07, 6.45) is -0.751. The molecule has 0 aliphatic carbocycles. The highest BCUT2D eigenvalue weighted by Gasteiger charge is 2.28. The third kappa shape index (κ3) is 8.13. The highest BCUT2D eigenvalue weighted by molar-refractivity contribution is 7.89. The lowest BCUT2D eigenvalue weighted by Gasteiger charge is -2.24. The average molecular weight is 518 g/mol. The topological polar surface area (TPSA) is 135 Å². The molecule has 0 aromatic heterocycles. The average Bonchev–Trinajstić information content (AvgIpc) is 2.83. The largest absolute Gasteiger partial charge is 0.454 e. The number of nitrogens with zero attached hydrogens (tertiary/aromatic N) is 2. The molecule has 14 heteroatoms. The minimum Gasteiger partial charge on any atom is -0.454 e. The first-order valence-electron chi connectivity index (χ1n) is 10.1. The van der Waals surface area contributed by atoms with Crippen molar-refractivity contribution < 1.29 is 46.2 Å². The Balaban J connectivity index is 2.19. The second-order valence-corrected chi connectivity index (χ2v) is 8.99. The summed E-state index contributed by atoms with van der Waals surface area (Å²) < 4.78 is 69.5. The van der Waals surface area contributed by atoms with Gasteiger partial charge < -0.3 is 19.1 Å². The number of methoxy groups -OCH3 is 1. The SMILES string of the molecule is COCCOC(=O)N(C)CCN(CC(=O)NO)S(=O)(=O)c1ccc(Oc2ccc(F)cc2)c(F)c1. The van der Waals surface area contributed by atoms with Gasteiger partial charge in [0.25, 0.3) is 5.91 Å². The number of rotatable bonds is 12. The molecule has 0 atom stereocenters. The number of hydroxylamine groups is 1. The Morgan fingerprint density at radius 1 is 1.06 bits per heavy atom. The van der Waals surface area contributed by atoms with Gasteiger partial charge in [-0.05, 0) is 42.5 Å². The van der Waals surface area contributed by atoms with Crippen molar-refractivity contribution in [3.8, 4) is 11.5 Å². The van der Waals surface area contributed by atoms with Crippen molar-refractivity contribution in [1.82, 2.24) is 14.7 Å². The molecule has 0 unspecified atom stereocenters. The monoisotopic (exact) mass is 517 g/mol. The number of likely N-dealkylation sites (N-methyl/N-ethyl adjacent to an activating group) is 1. The summed E-state index contributed by atoms with van der Waals surface area (Å²) in [5, 5.41) is 8.83. The molecule has 0 fully saturated rings. The molecular weight excluding hydrogens is 492 g/mol. The van der Waals surface area contributed by atoms with E-state index in [1.807, 2.05) is 0 Å². The van der Waals surface area contributed by atoms with E-state index in [4.69, 9.17) is 19.4 Å². The number of sulfonamides is 1. The summed E-state index contributed by atoms with van der Waals surface area (Å²) in [4.78, 5) is 24.2. The normalized spacial score (nSPS) is 11.3. The first-order chi connectivity index (χ1) is 16.6. The van der Waals surface area contributed by atoms with Gasteiger partial charge in [0.2, 0.25) is 10.0 Å². The van der Waals surface area contributed by atoms with E-state index >= 15 is 0 Å². The fourth-order valence-electron chi connectivity index (χ4n) is 2.66. The van der Waals surface area contributed by atoms with Gasteiger partial charge in [-0.2, -0.15) is 4.31 Å². The summed E-state index contributed by atoms with van der Waals surface area (Å²) in [7, 11) is -1.67. The smallest absolute Gasteiger partial charge is 0.409 e. The molecule has 0 saturated carbocycles. The number of benzene rings is 2. The molecule has 192 valence electrons. The van der Waals surface area contributed by atoms with Crippen LogP contribution in [0.25, 0.3) is 0 Å². The fourth-order valence-corrected chi connectivity index (χ4v) is 4.06. The van der Waals surface area contributed by atoms with E-state index in [0.29, 0.717) is 10.4 Å². The van der Waals surface area contributed by atoms with Crippen LogP contribution in [0.15, 0.2) is 47.4 Å². The van der Waals surface area contributed by atoms with Crippen LogP contribution in [0, 0.1) is 11.6 Å². The zero-order valence-corrected chi connectivity index (χ0v) is 19.8. The van der Waals surface area contributed by atoms with Crippen molar-refractivity contribution in [1.29, 1.82) is 0 Å². The molecule has 0 heterocycles. The van der Waals surface area contributed by atoms with E-state index in [0.717, 1.165) is 29.2 Å². The van der Waals surface area contributed by atoms with Crippen molar-refractivity contribution in [2.75, 3.05) is 47.0 Å². The van der Waals surface area contributed by atoms with Crippen LogP contribution < -0.4 is 10.2 Å². The summed E-state index contributed by atoms with van der Waals surface area (Å²) >= 11 is 0. The molecule has 2 rings (SSSR count). The number of hydrogen-bond donors (Lipinski definition) is 2. The van der Waals surface area contributed by atoms with Gasteiger partial charge in [0.15, 0.2) is 11.6 Å². The molecular formula is C21H25F2N3O8S. The Hall–Kier alpha value is -3.33. The molecule has 35 heavy (non-hydrogen) atoms. The van der Waals surface area contributed by atoms with Gasteiger partial charge in [-0.15, -0.1) is 0 Å². The first kappa shape index (κ1) is 27.9. The number of ether oxygens (including phenoxy) is 3. The Labute approximate surface area is 200 Å². The zero-order chi connectivity index (χ0) is 26.0. The molecule has 0 aliphatic rings. The van der Waals surface area contributed by atoms with Crippen LogP contribution in [-0.2, 0) is 24.3 Å². The Morgan fingerprint density at radius 3 is 2.34 bits per heavy atom. The maximum atomic E-state index is 14.6. The molecule has 11 nitrogen and oxygen atoms in total. The number of carbonyl (C=O) groups excluding carboxylic acids is 2. The van der Waals surface area contributed by atoms with Crippen LogP contribution in [0.5, 0.6) is 11.5 Å². The first-order valence-corrected chi connectivity index (χ1v) is 11.6. The third-order valence-electron chi connectivity index (χ3n) is 4.54. The predicted molar refractivity (Wildman–Crippen MR) is 117 cm³/mol. The zero-order valence-electron chi connectivity index (χ0n) is 18.9. The van der Waals surface area contributed by atoms with Gasteiger partial charge in [-0.3, -0.25) is 10.0 Å². The van der Waals surface area contributed by atoms with Gasteiger partial charge in [-0.25, -0.2) is 27.5 Å².